The standard InChI is InChI=1S/C4H8O.Ba/c1-2-3-4-5;/h2,5H,1,3-4H2;. The molecule has 0 aromatic heterocycles. The molecular weight excluding hydrogens is 201 g/mol. The van der Waals surface area contributed by atoms with Gasteiger partial charge in [0.2, 0.25) is 0 Å². The van der Waals surface area contributed by atoms with Gasteiger partial charge in [-0.05, 0) is 0 Å². The maximum atomic E-state index is 8.31. The van der Waals surface area contributed by atoms with Gasteiger partial charge < -0.3 is 0 Å². The van der Waals surface area contributed by atoms with Crippen LogP contribution in [0.15, 0.2) is 0 Å². The molecule has 1 nitrogen and oxygen atoms in total. The van der Waals surface area contributed by atoms with Gasteiger partial charge in [0.25, 0.3) is 0 Å². The number of hydrogen-bond acceptors (Lipinski definition) is 1. The van der Waals surface area contributed by atoms with Crippen LogP contribution in [0.5, 0.6) is 0 Å². The van der Waals surface area contributed by atoms with Crippen molar-refractivity contribution in [2.75, 3.05) is 6.61 Å². The van der Waals surface area contributed by atoms with Crippen molar-refractivity contribution in [3.63, 3.8) is 0 Å². The summed E-state index contributed by atoms with van der Waals surface area (Å²) in [6.45, 7) is 0.449. The summed E-state index contributed by atoms with van der Waals surface area (Å²) in [4.78, 5) is 0. The molecule has 1 rings (SSSR count). The predicted octanol–water partition coefficient (Wildman–Crippen LogP) is 0.293. The van der Waals surface area contributed by atoms with Gasteiger partial charge in [-0.1, -0.05) is 0 Å². The van der Waals surface area contributed by atoms with E-state index in [0.717, 1.165) is 6.81 Å². The maximum absolute atomic E-state index is 8.31. The molecule has 1 saturated heterocycles. The van der Waals surface area contributed by atoms with Crippen LogP contribution in [-0.4, -0.2) is 55.9 Å². The summed E-state index contributed by atoms with van der Waals surface area (Å²) >= 11 is -0.162. The average Bonchev–Trinajstić information content (AvgIpc) is 2.21. The van der Waals surface area contributed by atoms with Crippen molar-refractivity contribution in [3.05, 3.63) is 0 Å². The van der Waals surface area contributed by atoms with Crippen LogP contribution in [0, 0.1) is 0 Å². The summed E-state index contributed by atoms with van der Waals surface area (Å²) in [5.74, 6) is 0. The second-order valence-corrected chi connectivity index (χ2v) is 9.21. The molecule has 6 heavy (non-hydrogen) atoms. The van der Waals surface area contributed by atoms with E-state index in [-0.39, 0.29) is 44.2 Å². The molecule has 1 unspecified atom stereocenters. The van der Waals surface area contributed by atoms with Gasteiger partial charge in [-0.2, -0.15) is 0 Å². The van der Waals surface area contributed by atoms with Crippen molar-refractivity contribution < 1.29 is 5.11 Å². The fourth-order valence-corrected chi connectivity index (χ4v) is 3.72. The van der Waals surface area contributed by atoms with Crippen LogP contribution >= 0.6 is 0 Å². The van der Waals surface area contributed by atoms with E-state index >= 15 is 0 Å². The fourth-order valence-electron chi connectivity index (χ4n) is 0.589. The monoisotopic (exact) mass is 210 g/mol. The van der Waals surface area contributed by atoms with Crippen LogP contribution in [0.4, 0.5) is 0 Å². The Bertz CT molecular complexity index is 42.8. The minimum absolute atomic E-state index is 0.162. The molecule has 1 fully saturated rings. The van der Waals surface area contributed by atoms with Gasteiger partial charge in [-0.25, -0.2) is 0 Å². The van der Waals surface area contributed by atoms with Crippen LogP contribution < -0.4 is 0 Å². The second kappa shape index (κ2) is 2.75. The number of aliphatic hydroxyl groups excluding tert-OH is 1. The predicted molar refractivity (Wildman–Crippen MR) is 26.0 cm³/mol. The van der Waals surface area contributed by atoms with Crippen LogP contribution in [0.1, 0.15) is 6.42 Å². The molecule has 1 heterocycles. The third kappa shape index (κ3) is 2.00. The molecule has 0 bridgehead atoms. The Labute approximate surface area is 62.4 Å². The van der Waals surface area contributed by atoms with Gasteiger partial charge in [-0.15, -0.1) is 0 Å². The van der Waals surface area contributed by atoms with E-state index in [0.29, 0.717) is 6.61 Å². The van der Waals surface area contributed by atoms with Gasteiger partial charge in [0.15, 0.2) is 0 Å². The number of rotatable bonds is 2. The topological polar surface area (TPSA) is 20.2 Å². The van der Waals surface area contributed by atoms with Crippen molar-refractivity contribution in [1.29, 1.82) is 0 Å². The normalized spacial score (nSPS) is 27.8. The summed E-state index contributed by atoms with van der Waals surface area (Å²) in [5.41, 5.74) is 0. The van der Waals surface area contributed by atoms with E-state index in [1.165, 1.54) is 0 Å². The molecular formula is C4H8BaO. The molecule has 1 aliphatic rings. The van der Waals surface area contributed by atoms with Gasteiger partial charge in [0.1, 0.15) is 0 Å². The third-order valence-corrected chi connectivity index (χ3v) is 6.89. The van der Waals surface area contributed by atoms with E-state index in [2.05, 4.69) is 0 Å². The first-order chi connectivity index (χ1) is 2.93. The molecule has 0 amide bonds. The molecule has 0 aromatic rings. The average molecular weight is 209 g/mol. The first-order valence-corrected chi connectivity index (χ1v) is 8.24. The molecule has 32 valence electrons. The first kappa shape index (κ1) is 5.66. The summed E-state index contributed by atoms with van der Waals surface area (Å²) in [6.07, 6.45) is 1.14. The third-order valence-electron chi connectivity index (χ3n) is 1.23. The summed E-state index contributed by atoms with van der Waals surface area (Å²) < 4.78 is 2.70. The molecule has 1 N–H and O–H groups in total. The summed E-state index contributed by atoms with van der Waals surface area (Å²) in [5, 5.41) is 8.31. The van der Waals surface area contributed by atoms with E-state index < -0.39 is 0 Å². The Hall–Kier alpha value is 1.53. The van der Waals surface area contributed by atoms with E-state index in [1.54, 1.807) is 0.889 Å². The fraction of sp³-hybridized carbons (Fsp3) is 1.00. The van der Waals surface area contributed by atoms with Gasteiger partial charge in [-0.3, -0.25) is 0 Å². The van der Waals surface area contributed by atoms with Crippen molar-refractivity contribution in [3.8, 4) is 0 Å². The van der Waals surface area contributed by atoms with Gasteiger partial charge >= 0.3 is 63.6 Å². The molecule has 1 atom stereocenters. The molecule has 1 aliphatic heterocycles. The number of aliphatic hydroxyl groups is 1. The zero-order valence-electron chi connectivity index (χ0n) is 3.85. The Balaban J connectivity index is 1.88. The molecule has 0 spiro atoms. The van der Waals surface area contributed by atoms with Crippen LogP contribution in [0.3, 0.4) is 0 Å². The van der Waals surface area contributed by atoms with Crippen molar-refractivity contribution in [2.45, 2.75) is 7.70 Å². The van der Waals surface area contributed by atoms with Gasteiger partial charge in [0, 0.05) is 0 Å². The molecule has 2 heteroatoms. The molecule has 0 aromatic carbocycles. The van der Waals surface area contributed by atoms with E-state index in [1.807, 2.05) is 0 Å². The Kier molecular flexibility index (Phi) is 2.59. The molecule has 0 saturated carbocycles. The summed E-state index contributed by atoms with van der Waals surface area (Å²) in [7, 11) is 0. The SMILES string of the molecule is OCC[CH]1[CH2][Ba]1. The Morgan fingerprint density at radius 1 is 1.83 bits per heavy atom. The van der Waals surface area contributed by atoms with Crippen LogP contribution in [0.25, 0.3) is 0 Å². The quantitative estimate of drug-likeness (QED) is 0.649. The van der Waals surface area contributed by atoms with E-state index in [9.17, 15) is 0 Å². The Morgan fingerprint density at radius 2 is 2.50 bits per heavy atom. The van der Waals surface area contributed by atoms with Gasteiger partial charge in [0.05, 0.1) is 0 Å². The van der Waals surface area contributed by atoms with Crippen molar-refractivity contribution >= 4 is 44.2 Å². The zero-order chi connectivity index (χ0) is 4.41. The zero-order valence-corrected chi connectivity index (χ0v) is 8.29. The second-order valence-electron chi connectivity index (χ2n) is 1.96. The van der Waals surface area contributed by atoms with E-state index in [4.69, 9.17) is 5.11 Å². The molecule has 0 radical (unpaired) electrons. The Morgan fingerprint density at radius 3 is 2.67 bits per heavy atom. The van der Waals surface area contributed by atoms with Crippen molar-refractivity contribution in [1.82, 2.24) is 0 Å². The van der Waals surface area contributed by atoms with Crippen molar-refractivity contribution in [2.24, 2.45) is 0 Å². The summed E-state index contributed by atoms with van der Waals surface area (Å²) in [6, 6.07) is 0. The van der Waals surface area contributed by atoms with Crippen LogP contribution in [-0.2, 0) is 0 Å². The molecule has 0 aliphatic carbocycles. The first-order valence-electron chi connectivity index (χ1n) is 2.54. The van der Waals surface area contributed by atoms with Crippen LogP contribution in [0.2, 0.25) is 1.27 Å². The number of hydrogen-bond donors (Lipinski definition) is 1. The minimum atomic E-state index is -0.162.